The number of carbonyl (C=O) groups is 1. The van der Waals surface area contributed by atoms with Gasteiger partial charge in [-0.2, -0.15) is 0 Å². The largest absolute Gasteiger partial charge is 0.356 e. The first-order valence-corrected chi connectivity index (χ1v) is 10.3. The molecule has 1 aliphatic carbocycles. The Morgan fingerprint density at radius 3 is 2.37 bits per heavy atom. The number of pyridine rings is 1. The molecule has 2 heterocycles. The highest BCUT2D eigenvalue weighted by Crippen LogP contribution is 2.26. The van der Waals surface area contributed by atoms with Gasteiger partial charge in [-0.3, -0.25) is 10.2 Å². The van der Waals surface area contributed by atoms with Crippen molar-refractivity contribution in [2.75, 3.05) is 18.0 Å². The number of rotatable bonds is 4. The molecule has 1 saturated heterocycles. The van der Waals surface area contributed by atoms with Crippen LogP contribution in [-0.4, -0.2) is 41.9 Å². The standard InChI is InChI=1S/C21H33N5O/c1-14-13-19(21(27)24-16(3)22)20(23-15(14)2)26-11-9-18(10-12-26)25-17-7-5-4-6-8-17/h13,17-18,25H,4-12H2,1-3H3,(H2,22,24,27). The van der Waals surface area contributed by atoms with Crippen molar-refractivity contribution in [1.29, 1.82) is 5.41 Å². The lowest BCUT2D eigenvalue weighted by Crippen LogP contribution is -2.47. The number of amidine groups is 1. The minimum atomic E-state index is -0.240. The molecule has 1 aromatic heterocycles. The molecule has 6 heteroatoms. The van der Waals surface area contributed by atoms with E-state index in [4.69, 9.17) is 10.4 Å². The number of hydrogen-bond donors (Lipinski definition) is 3. The molecule has 1 amide bonds. The van der Waals surface area contributed by atoms with Crippen LogP contribution in [0, 0.1) is 19.3 Å². The van der Waals surface area contributed by atoms with E-state index in [0.29, 0.717) is 17.6 Å². The summed E-state index contributed by atoms with van der Waals surface area (Å²) in [5.74, 6) is 0.670. The van der Waals surface area contributed by atoms with E-state index in [0.717, 1.165) is 43.0 Å². The molecule has 0 spiro atoms. The average molecular weight is 372 g/mol. The third-order valence-corrected chi connectivity index (χ3v) is 5.86. The Morgan fingerprint density at radius 1 is 1.11 bits per heavy atom. The Bertz CT molecular complexity index is 688. The molecule has 3 N–H and O–H groups in total. The van der Waals surface area contributed by atoms with Crippen LogP contribution in [0.25, 0.3) is 0 Å². The summed E-state index contributed by atoms with van der Waals surface area (Å²) in [6.45, 7) is 7.35. The number of nitrogens with zero attached hydrogens (tertiary/aromatic N) is 2. The molecule has 3 rings (SSSR count). The summed E-state index contributed by atoms with van der Waals surface area (Å²) in [6.07, 6.45) is 8.88. The van der Waals surface area contributed by atoms with Crippen LogP contribution in [0.5, 0.6) is 0 Å². The third kappa shape index (κ3) is 5.06. The van der Waals surface area contributed by atoms with Gasteiger partial charge in [-0.25, -0.2) is 4.98 Å². The summed E-state index contributed by atoms with van der Waals surface area (Å²) >= 11 is 0. The van der Waals surface area contributed by atoms with E-state index in [9.17, 15) is 4.79 Å². The second kappa shape index (κ2) is 8.83. The zero-order valence-corrected chi connectivity index (χ0v) is 16.9. The second-order valence-corrected chi connectivity index (χ2v) is 8.10. The normalized spacial score (nSPS) is 19.1. The molecule has 1 aliphatic heterocycles. The molecule has 2 fully saturated rings. The average Bonchev–Trinajstić information content (AvgIpc) is 2.64. The molecule has 1 aromatic rings. The number of hydrogen-bond acceptors (Lipinski definition) is 5. The lowest BCUT2D eigenvalue weighted by molar-refractivity contribution is 0.0976. The number of piperidine rings is 1. The highest BCUT2D eigenvalue weighted by Gasteiger charge is 2.26. The SMILES string of the molecule is CC(=N)NC(=O)c1cc(C)c(C)nc1N1CCC(NC2CCCCC2)CC1. The van der Waals surface area contributed by atoms with Gasteiger partial charge in [-0.1, -0.05) is 19.3 Å². The third-order valence-electron chi connectivity index (χ3n) is 5.86. The first kappa shape index (κ1) is 19.8. The topological polar surface area (TPSA) is 81.1 Å². The maximum Gasteiger partial charge on any atom is 0.260 e. The highest BCUT2D eigenvalue weighted by atomic mass is 16.1. The molecule has 0 atom stereocenters. The Hall–Kier alpha value is -1.95. The number of nitrogens with one attached hydrogen (secondary N) is 3. The summed E-state index contributed by atoms with van der Waals surface area (Å²) in [7, 11) is 0. The molecular formula is C21H33N5O. The highest BCUT2D eigenvalue weighted by molar-refractivity contribution is 6.07. The molecule has 27 heavy (non-hydrogen) atoms. The molecule has 0 unspecified atom stereocenters. The van der Waals surface area contributed by atoms with E-state index in [-0.39, 0.29) is 11.7 Å². The van der Waals surface area contributed by atoms with E-state index >= 15 is 0 Å². The molecule has 6 nitrogen and oxygen atoms in total. The van der Waals surface area contributed by atoms with E-state index in [1.807, 2.05) is 19.9 Å². The van der Waals surface area contributed by atoms with Gasteiger partial charge in [-0.15, -0.1) is 0 Å². The Morgan fingerprint density at radius 2 is 1.74 bits per heavy atom. The van der Waals surface area contributed by atoms with Crippen LogP contribution >= 0.6 is 0 Å². The summed E-state index contributed by atoms with van der Waals surface area (Å²) in [6, 6.07) is 3.16. The monoisotopic (exact) mass is 371 g/mol. The maximum atomic E-state index is 12.6. The summed E-state index contributed by atoms with van der Waals surface area (Å²) in [4.78, 5) is 19.6. The van der Waals surface area contributed by atoms with E-state index < -0.39 is 0 Å². The van der Waals surface area contributed by atoms with Crippen molar-refractivity contribution in [3.8, 4) is 0 Å². The predicted molar refractivity (Wildman–Crippen MR) is 110 cm³/mol. The van der Waals surface area contributed by atoms with Crippen molar-refractivity contribution in [2.24, 2.45) is 0 Å². The lowest BCUT2D eigenvalue weighted by atomic mass is 9.93. The van der Waals surface area contributed by atoms with Crippen LogP contribution in [0.2, 0.25) is 0 Å². The maximum absolute atomic E-state index is 12.6. The number of anilines is 1. The molecule has 1 saturated carbocycles. The van der Waals surface area contributed by atoms with Crippen molar-refractivity contribution in [1.82, 2.24) is 15.6 Å². The summed E-state index contributed by atoms with van der Waals surface area (Å²) in [5, 5.41) is 14.0. The fourth-order valence-electron chi connectivity index (χ4n) is 4.20. The minimum absolute atomic E-state index is 0.152. The first-order valence-electron chi connectivity index (χ1n) is 10.3. The molecule has 0 aromatic carbocycles. The lowest BCUT2D eigenvalue weighted by Gasteiger charge is -2.37. The van der Waals surface area contributed by atoms with Gasteiger partial charge < -0.3 is 15.5 Å². The molecule has 0 radical (unpaired) electrons. The van der Waals surface area contributed by atoms with Crippen molar-refractivity contribution >= 4 is 17.6 Å². The molecular weight excluding hydrogens is 338 g/mol. The molecule has 2 aliphatic rings. The van der Waals surface area contributed by atoms with Gasteiger partial charge in [0.05, 0.1) is 11.4 Å². The van der Waals surface area contributed by atoms with Crippen LogP contribution in [0.4, 0.5) is 5.82 Å². The van der Waals surface area contributed by atoms with Gasteiger partial charge in [-0.05, 0) is 58.1 Å². The number of carbonyl (C=O) groups excluding carboxylic acids is 1. The van der Waals surface area contributed by atoms with Crippen molar-refractivity contribution in [3.05, 3.63) is 22.9 Å². The van der Waals surface area contributed by atoms with Crippen molar-refractivity contribution < 1.29 is 4.79 Å². The minimum Gasteiger partial charge on any atom is -0.356 e. The van der Waals surface area contributed by atoms with Crippen LogP contribution < -0.4 is 15.5 Å². The smallest absolute Gasteiger partial charge is 0.260 e. The second-order valence-electron chi connectivity index (χ2n) is 8.10. The quantitative estimate of drug-likeness (QED) is 0.560. The zero-order chi connectivity index (χ0) is 19.4. The van der Waals surface area contributed by atoms with Crippen LogP contribution in [0.1, 0.15) is 73.5 Å². The van der Waals surface area contributed by atoms with Crippen molar-refractivity contribution in [3.63, 3.8) is 0 Å². The summed E-state index contributed by atoms with van der Waals surface area (Å²) in [5.41, 5.74) is 2.53. The number of aromatic nitrogens is 1. The van der Waals surface area contributed by atoms with Crippen molar-refractivity contribution in [2.45, 2.75) is 77.8 Å². The number of aryl methyl sites for hydroxylation is 2. The van der Waals surface area contributed by atoms with E-state index in [2.05, 4.69) is 15.5 Å². The van der Waals surface area contributed by atoms with Gasteiger partial charge in [0.2, 0.25) is 0 Å². The van der Waals surface area contributed by atoms with Crippen LogP contribution in [-0.2, 0) is 0 Å². The molecule has 0 bridgehead atoms. The van der Waals surface area contributed by atoms with Gasteiger partial charge in [0.25, 0.3) is 5.91 Å². The summed E-state index contributed by atoms with van der Waals surface area (Å²) < 4.78 is 0. The van der Waals surface area contributed by atoms with Gasteiger partial charge in [0.15, 0.2) is 0 Å². The number of amides is 1. The molecule has 148 valence electrons. The van der Waals surface area contributed by atoms with Crippen LogP contribution in [0.15, 0.2) is 6.07 Å². The van der Waals surface area contributed by atoms with Gasteiger partial charge in [0.1, 0.15) is 5.82 Å². The zero-order valence-electron chi connectivity index (χ0n) is 16.9. The fourth-order valence-corrected chi connectivity index (χ4v) is 4.20. The van der Waals surface area contributed by atoms with E-state index in [1.54, 1.807) is 6.92 Å². The Balaban J connectivity index is 1.68. The predicted octanol–water partition coefficient (Wildman–Crippen LogP) is 3.32. The van der Waals surface area contributed by atoms with Gasteiger partial charge in [0, 0.05) is 30.9 Å². The Kier molecular flexibility index (Phi) is 6.47. The first-order chi connectivity index (χ1) is 12.9. The van der Waals surface area contributed by atoms with E-state index in [1.165, 1.54) is 32.1 Å². The fraction of sp³-hybridized carbons (Fsp3) is 0.667. The van der Waals surface area contributed by atoms with Gasteiger partial charge >= 0.3 is 0 Å². The van der Waals surface area contributed by atoms with Crippen LogP contribution in [0.3, 0.4) is 0 Å². The Labute approximate surface area is 162 Å².